The Labute approximate surface area is 120 Å². The molecule has 0 aliphatic heterocycles. The van der Waals surface area contributed by atoms with E-state index in [1.54, 1.807) is 0 Å². The van der Waals surface area contributed by atoms with Gasteiger partial charge in [0.2, 0.25) is 0 Å². The van der Waals surface area contributed by atoms with Gasteiger partial charge in [-0.2, -0.15) is 0 Å². The van der Waals surface area contributed by atoms with Gasteiger partial charge >= 0.3 is 0 Å². The predicted octanol–water partition coefficient (Wildman–Crippen LogP) is 4.41. The lowest BCUT2D eigenvalue weighted by Gasteiger charge is -2.11. The van der Waals surface area contributed by atoms with Crippen molar-refractivity contribution in [1.29, 1.82) is 0 Å². The smallest absolute Gasteiger partial charge is 0.165 e. The number of carbonyl (C=O) groups is 1. The van der Waals surface area contributed by atoms with Crippen molar-refractivity contribution >= 4 is 5.78 Å². The van der Waals surface area contributed by atoms with E-state index in [4.69, 9.17) is 4.74 Å². The fourth-order valence-electron chi connectivity index (χ4n) is 2.05. The van der Waals surface area contributed by atoms with Gasteiger partial charge in [0, 0.05) is 11.5 Å². The summed E-state index contributed by atoms with van der Waals surface area (Å²) in [5.74, 6) is 0.994. The molecule has 104 valence electrons. The van der Waals surface area contributed by atoms with Crippen molar-refractivity contribution < 1.29 is 9.53 Å². The van der Waals surface area contributed by atoms with Crippen LogP contribution in [0.3, 0.4) is 0 Å². The van der Waals surface area contributed by atoms with Crippen molar-refractivity contribution in [3.63, 3.8) is 0 Å². The number of Topliss-reactive ketones (excluding diaryl/α,β-unsaturated/α-hetero) is 1. The molecule has 0 N–H and O–H groups in total. The zero-order valence-corrected chi connectivity index (χ0v) is 12.2. The summed E-state index contributed by atoms with van der Waals surface area (Å²) in [6.45, 7) is 6.33. The Balaban J connectivity index is 2.08. The SMILES string of the molecule is Cc1cc(OCc2ccccc2)ccc1C(=O)C(C)C. The molecule has 2 rings (SSSR count). The molecule has 0 fully saturated rings. The Morgan fingerprint density at radius 2 is 1.80 bits per heavy atom. The third-order valence-electron chi connectivity index (χ3n) is 3.24. The normalized spacial score (nSPS) is 10.6. The highest BCUT2D eigenvalue weighted by Crippen LogP contribution is 2.20. The van der Waals surface area contributed by atoms with Gasteiger partial charge in [-0.15, -0.1) is 0 Å². The molecule has 0 spiro atoms. The van der Waals surface area contributed by atoms with E-state index < -0.39 is 0 Å². The summed E-state index contributed by atoms with van der Waals surface area (Å²) in [6, 6.07) is 15.7. The number of ketones is 1. The van der Waals surface area contributed by atoms with Gasteiger partial charge in [-0.25, -0.2) is 0 Å². The van der Waals surface area contributed by atoms with Crippen molar-refractivity contribution in [2.45, 2.75) is 27.4 Å². The molecule has 0 aliphatic carbocycles. The van der Waals surface area contributed by atoms with E-state index in [1.807, 2.05) is 69.3 Å². The first-order valence-electron chi connectivity index (χ1n) is 6.89. The fraction of sp³-hybridized carbons (Fsp3) is 0.278. The summed E-state index contributed by atoms with van der Waals surface area (Å²) in [5.41, 5.74) is 2.88. The van der Waals surface area contributed by atoms with E-state index in [0.29, 0.717) is 6.61 Å². The lowest BCUT2D eigenvalue weighted by Crippen LogP contribution is -2.09. The van der Waals surface area contributed by atoms with Crippen LogP contribution < -0.4 is 4.74 Å². The molecule has 0 atom stereocenters. The van der Waals surface area contributed by atoms with E-state index >= 15 is 0 Å². The topological polar surface area (TPSA) is 26.3 Å². The second-order valence-corrected chi connectivity index (χ2v) is 5.27. The van der Waals surface area contributed by atoms with Crippen LogP contribution in [0, 0.1) is 12.8 Å². The van der Waals surface area contributed by atoms with Gasteiger partial charge in [0.15, 0.2) is 5.78 Å². The maximum absolute atomic E-state index is 12.0. The van der Waals surface area contributed by atoms with Crippen LogP contribution in [-0.4, -0.2) is 5.78 Å². The van der Waals surface area contributed by atoms with Gasteiger partial charge < -0.3 is 4.74 Å². The quantitative estimate of drug-likeness (QED) is 0.751. The highest BCUT2D eigenvalue weighted by molar-refractivity contribution is 5.98. The molecule has 0 heterocycles. The lowest BCUT2D eigenvalue weighted by atomic mass is 9.97. The number of rotatable bonds is 5. The summed E-state index contributed by atoms with van der Waals surface area (Å²) in [5, 5.41) is 0. The van der Waals surface area contributed by atoms with Crippen molar-refractivity contribution in [2.24, 2.45) is 5.92 Å². The Kier molecular flexibility index (Phi) is 4.57. The highest BCUT2D eigenvalue weighted by atomic mass is 16.5. The number of carbonyl (C=O) groups excluding carboxylic acids is 1. The third kappa shape index (κ3) is 3.47. The van der Waals surface area contributed by atoms with Crippen LogP contribution in [0.4, 0.5) is 0 Å². The second kappa shape index (κ2) is 6.38. The lowest BCUT2D eigenvalue weighted by molar-refractivity contribution is 0.0938. The molecule has 0 saturated heterocycles. The second-order valence-electron chi connectivity index (χ2n) is 5.27. The van der Waals surface area contributed by atoms with Crippen LogP contribution >= 0.6 is 0 Å². The van der Waals surface area contributed by atoms with Crippen LogP contribution in [0.15, 0.2) is 48.5 Å². The first-order valence-corrected chi connectivity index (χ1v) is 6.89. The van der Waals surface area contributed by atoms with E-state index in [9.17, 15) is 4.79 Å². The molecule has 0 saturated carbocycles. The summed E-state index contributed by atoms with van der Waals surface area (Å²) in [4.78, 5) is 12.0. The number of ether oxygens (including phenoxy) is 1. The van der Waals surface area contributed by atoms with Crippen molar-refractivity contribution in [2.75, 3.05) is 0 Å². The van der Waals surface area contributed by atoms with Gasteiger partial charge in [-0.1, -0.05) is 44.2 Å². The minimum Gasteiger partial charge on any atom is -0.489 e. The predicted molar refractivity (Wildman–Crippen MR) is 81.1 cm³/mol. The van der Waals surface area contributed by atoms with E-state index in [1.165, 1.54) is 0 Å². The molecule has 20 heavy (non-hydrogen) atoms. The Morgan fingerprint density at radius 3 is 2.40 bits per heavy atom. The average molecular weight is 268 g/mol. The van der Waals surface area contributed by atoms with Crippen molar-refractivity contribution in [3.8, 4) is 5.75 Å². The van der Waals surface area contributed by atoms with Crippen LogP contribution in [0.25, 0.3) is 0 Å². The number of aryl methyl sites for hydroxylation is 1. The summed E-state index contributed by atoms with van der Waals surface area (Å²) in [7, 11) is 0. The molecule has 2 aromatic rings. The average Bonchev–Trinajstić information content (AvgIpc) is 2.45. The molecule has 0 aliphatic rings. The molecule has 0 amide bonds. The van der Waals surface area contributed by atoms with Crippen LogP contribution in [-0.2, 0) is 6.61 Å². The molecule has 0 unspecified atom stereocenters. The minimum absolute atomic E-state index is 0.0183. The van der Waals surface area contributed by atoms with E-state index in [2.05, 4.69) is 0 Å². The number of hydrogen-bond donors (Lipinski definition) is 0. The highest BCUT2D eigenvalue weighted by Gasteiger charge is 2.13. The van der Waals surface area contributed by atoms with Gasteiger partial charge in [-0.05, 0) is 36.2 Å². The Bertz CT molecular complexity index is 586. The molecule has 2 nitrogen and oxygen atoms in total. The maximum Gasteiger partial charge on any atom is 0.165 e. The molecule has 2 heteroatoms. The first kappa shape index (κ1) is 14.3. The standard InChI is InChI=1S/C18H20O2/c1-13(2)18(19)17-10-9-16(11-14(17)3)20-12-15-7-5-4-6-8-15/h4-11,13H,12H2,1-3H3. The largest absolute Gasteiger partial charge is 0.489 e. The summed E-state index contributed by atoms with van der Waals surface area (Å²) >= 11 is 0. The van der Waals surface area contributed by atoms with E-state index in [-0.39, 0.29) is 11.7 Å². The molecule has 0 radical (unpaired) electrons. The van der Waals surface area contributed by atoms with Gasteiger partial charge in [0.05, 0.1) is 0 Å². The third-order valence-corrected chi connectivity index (χ3v) is 3.24. The molecule has 0 bridgehead atoms. The molecule has 0 aromatic heterocycles. The van der Waals surface area contributed by atoms with Crippen molar-refractivity contribution in [1.82, 2.24) is 0 Å². The van der Waals surface area contributed by atoms with Gasteiger partial charge in [0.25, 0.3) is 0 Å². The van der Waals surface area contributed by atoms with Crippen LogP contribution in [0.1, 0.15) is 35.3 Å². The summed E-state index contributed by atoms with van der Waals surface area (Å²) in [6.07, 6.45) is 0. The Hall–Kier alpha value is -2.09. The number of hydrogen-bond acceptors (Lipinski definition) is 2. The molecule has 2 aromatic carbocycles. The maximum atomic E-state index is 12.0. The zero-order valence-electron chi connectivity index (χ0n) is 12.2. The van der Waals surface area contributed by atoms with Gasteiger partial charge in [-0.3, -0.25) is 4.79 Å². The summed E-state index contributed by atoms with van der Waals surface area (Å²) < 4.78 is 5.76. The molecular formula is C18H20O2. The first-order chi connectivity index (χ1) is 9.58. The molecular weight excluding hydrogens is 248 g/mol. The monoisotopic (exact) mass is 268 g/mol. The van der Waals surface area contributed by atoms with Gasteiger partial charge in [0.1, 0.15) is 12.4 Å². The minimum atomic E-state index is 0.0183. The van der Waals surface area contributed by atoms with E-state index in [0.717, 1.165) is 22.4 Å². The fourth-order valence-corrected chi connectivity index (χ4v) is 2.05. The zero-order chi connectivity index (χ0) is 14.5. The van der Waals surface area contributed by atoms with Crippen molar-refractivity contribution in [3.05, 3.63) is 65.2 Å². The van der Waals surface area contributed by atoms with Crippen LogP contribution in [0.2, 0.25) is 0 Å². The number of benzene rings is 2. The Morgan fingerprint density at radius 1 is 1.10 bits per heavy atom. The van der Waals surface area contributed by atoms with Crippen LogP contribution in [0.5, 0.6) is 5.75 Å².